The second-order valence-electron chi connectivity index (χ2n) is 6.17. The first-order valence-corrected chi connectivity index (χ1v) is 8.43. The maximum Gasteiger partial charge on any atom is 0.273 e. The first-order chi connectivity index (χ1) is 12.5. The number of nitrogens with zero attached hydrogens (tertiary/aromatic N) is 2. The minimum atomic E-state index is -0.457. The molecule has 0 bridgehead atoms. The largest absolute Gasteiger partial charge is 0.496 e. The smallest absolute Gasteiger partial charge is 0.273 e. The molecular weight excluding hydrogens is 334 g/mol. The predicted molar refractivity (Wildman–Crippen MR) is 97.5 cm³/mol. The van der Waals surface area contributed by atoms with E-state index in [1.165, 1.54) is 6.07 Å². The number of rotatable bonds is 4. The van der Waals surface area contributed by atoms with Gasteiger partial charge in [-0.25, -0.2) is 0 Å². The lowest BCUT2D eigenvalue weighted by molar-refractivity contribution is -0.385. The Morgan fingerprint density at radius 2 is 2.04 bits per heavy atom. The van der Waals surface area contributed by atoms with Crippen molar-refractivity contribution in [2.45, 2.75) is 13.0 Å². The van der Waals surface area contributed by atoms with Gasteiger partial charge in [0.15, 0.2) is 0 Å². The number of nitro groups is 1. The van der Waals surface area contributed by atoms with Crippen molar-refractivity contribution in [3.05, 3.63) is 69.3 Å². The van der Waals surface area contributed by atoms with Crippen LogP contribution in [0.4, 0.5) is 5.69 Å². The highest BCUT2D eigenvalue weighted by Gasteiger charge is 2.32. The van der Waals surface area contributed by atoms with Gasteiger partial charge in [0.25, 0.3) is 11.6 Å². The molecule has 7 heteroatoms. The number of carbonyl (C=O) groups is 1. The van der Waals surface area contributed by atoms with Crippen molar-refractivity contribution in [3.63, 3.8) is 0 Å². The third-order valence-corrected chi connectivity index (χ3v) is 4.73. The fourth-order valence-corrected chi connectivity index (χ4v) is 3.37. The second-order valence-corrected chi connectivity index (χ2v) is 6.17. The topological polar surface area (TPSA) is 84.7 Å². The van der Waals surface area contributed by atoms with Crippen LogP contribution in [0.25, 0.3) is 0 Å². The van der Waals surface area contributed by atoms with Crippen LogP contribution in [0, 0.1) is 17.0 Å². The van der Waals surface area contributed by atoms with Crippen molar-refractivity contribution in [3.8, 4) is 5.75 Å². The Morgan fingerprint density at radius 1 is 1.27 bits per heavy atom. The monoisotopic (exact) mass is 355 g/mol. The van der Waals surface area contributed by atoms with Crippen LogP contribution in [0.5, 0.6) is 5.75 Å². The molecule has 1 unspecified atom stereocenters. The molecule has 1 atom stereocenters. The van der Waals surface area contributed by atoms with Gasteiger partial charge in [-0.15, -0.1) is 0 Å². The van der Waals surface area contributed by atoms with Gasteiger partial charge in [0, 0.05) is 42.4 Å². The summed E-state index contributed by atoms with van der Waals surface area (Å²) in [5, 5.41) is 14.5. The molecule has 2 aromatic rings. The lowest BCUT2D eigenvalue weighted by Gasteiger charge is -2.37. The quantitative estimate of drug-likeness (QED) is 0.673. The van der Waals surface area contributed by atoms with Gasteiger partial charge in [0.2, 0.25) is 0 Å². The van der Waals surface area contributed by atoms with Crippen molar-refractivity contribution in [1.29, 1.82) is 0 Å². The number of methoxy groups -OCH3 is 1. The third-order valence-electron chi connectivity index (χ3n) is 4.73. The molecule has 1 amide bonds. The number of amides is 1. The fraction of sp³-hybridized carbons (Fsp3) is 0.316. The molecule has 0 spiro atoms. The third kappa shape index (κ3) is 3.25. The van der Waals surface area contributed by atoms with E-state index in [4.69, 9.17) is 4.74 Å². The van der Waals surface area contributed by atoms with E-state index in [2.05, 4.69) is 5.32 Å². The molecule has 1 saturated heterocycles. The van der Waals surface area contributed by atoms with Crippen LogP contribution in [0.3, 0.4) is 0 Å². The molecule has 1 N–H and O–H groups in total. The Bertz CT molecular complexity index is 837. The zero-order valence-corrected chi connectivity index (χ0v) is 14.8. The van der Waals surface area contributed by atoms with E-state index < -0.39 is 4.92 Å². The van der Waals surface area contributed by atoms with E-state index in [0.717, 1.165) is 11.3 Å². The molecule has 2 aromatic carbocycles. The van der Waals surface area contributed by atoms with Crippen molar-refractivity contribution >= 4 is 11.6 Å². The zero-order valence-electron chi connectivity index (χ0n) is 14.8. The molecule has 7 nitrogen and oxygen atoms in total. The molecule has 3 rings (SSSR count). The Balaban J connectivity index is 1.99. The first-order valence-electron chi connectivity index (χ1n) is 8.43. The molecule has 0 saturated carbocycles. The molecule has 26 heavy (non-hydrogen) atoms. The molecule has 1 fully saturated rings. The van der Waals surface area contributed by atoms with E-state index in [-0.39, 0.29) is 17.6 Å². The molecule has 136 valence electrons. The molecule has 0 aliphatic carbocycles. The summed E-state index contributed by atoms with van der Waals surface area (Å²) in [6.07, 6.45) is 0. The Hall–Kier alpha value is -2.93. The summed E-state index contributed by atoms with van der Waals surface area (Å²) < 4.78 is 5.45. The summed E-state index contributed by atoms with van der Waals surface area (Å²) in [6.45, 7) is 3.40. The number of carbonyl (C=O) groups excluding carboxylic acids is 1. The normalized spacial score (nSPS) is 17.0. The molecule has 0 aromatic heterocycles. The minimum absolute atomic E-state index is 0.0418. The van der Waals surface area contributed by atoms with Gasteiger partial charge < -0.3 is 15.0 Å². The van der Waals surface area contributed by atoms with Crippen LogP contribution in [-0.4, -0.2) is 42.5 Å². The number of nitrogens with one attached hydrogen (secondary N) is 1. The van der Waals surface area contributed by atoms with Crippen molar-refractivity contribution < 1.29 is 14.5 Å². The molecule has 1 aliphatic heterocycles. The van der Waals surface area contributed by atoms with Crippen LogP contribution in [0.15, 0.2) is 42.5 Å². The van der Waals surface area contributed by atoms with E-state index in [1.807, 2.05) is 24.3 Å². The van der Waals surface area contributed by atoms with Gasteiger partial charge in [-0.05, 0) is 19.1 Å². The highest BCUT2D eigenvalue weighted by atomic mass is 16.6. The van der Waals surface area contributed by atoms with Gasteiger partial charge in [-0.3, -0.25) is 14.9 Å². The highest BCUT2D eigenvalue weighted by molar-refractivity contribution is 5.97. The number of piperazine rings is 1. The van der Waals surface area contributed by atoms with Crippen molar-refractivity contribution in [2.24, 2.45) is 0 Å². The van der Waals surface area contributed by atoms with Crippen molar-refractivity contribution in [2.75, 3.05) is 26.7 Å². The van der Waals surface area contributed by atoms with E-state index in [1.54, 1.807) is 31.1 Å². The molecule has 1 aliphatic rings. The van der Waals surface area contributed by atoms with Gasteiger partial charge in [-0.1, -0.05) is 24.3 Å². The molecule has 0 radical (unpaired) electrons. The SMILES string of the molecule is COc1ccccc1C1CNCCN1C(=O)c1cccc([N+](=O)[O-])c1C. The van der Waals surface area contributed by atoms with E-state index in [0.29, 0.717) is 30.8 Å². The Labute approximate surface area is 151 Å². The molecule has 1 heterocycles. The summed E-state index contributed by atoms with van der Waals surface area (Å²) in [5.41, 5.74) is 1.62. The van der Waals surface area contributed by atoms with E-state index >= 15 is 0 Å². The van der Waals surface area contributed by atoms with E-state index in [9.17, 15) is 14.9 Å². The highest BCUT2D eigenvalue weighted by Crippen LogP contribution is 2.32. The molecular formula is C19H21N3O4. The van der Waals surface area contributed by atoms with Crippen LogP contribution in [0.1, 0.15) is 27.5 Å². The average molecular weight is 355 g/mol. The van der Waals surface area contributed by atoms with Gasteiger partial charge in [0.05, 0.1) is 18.1 Å². The van der Waals surface area contributed by atoms with Gasteiger partial charge in [0.1, 0.15) is 5.75 Å². The lowest BCUT2D eigenvalue weighted by Crippen LogP contribution is -2.49. The number of benzene rings is 2. The predicted octanol–water partition coefficient (Wildman–Crippen LogP) is 2.70. The van der Waals surface area contributed by atoms with Crippen LogP contribution < -0.4 is 10.1 Å². The average Bonchev–Trinajstić information content (AvgIpc) is 2.67. The maximum absolute atomic E-state index is 13.2. The Kier molecular flexibility index (Phi) is 5.18. The summed E-state index contributed by atoms with van der Waals surface area (Å²) in [5.74, 6) is 0.512. The summed E-state index contributed by atoms with van der Waals surface area (Å²) in [4.78, 5) is 25.7. The number of ether oxygens (including phenoxy) is 1. The zero-order chi connectivity index (χ0) is 18.7. The van der Waals surface area contributed by atoms with Crippen LogP contribution in [0.2, 0.25) is 0 Å². The first kappa shape index (κ1) is 17.9. The standard InChI is InChI=1S/C19H21N3O4/c1-13-14(7-5-8-16(13)22(24)25)19(23)21-11-10-20-12-17(21)15-6-3-4-9-18(15)26-2/h3-9,17,20H,10-12H2,1-2H3. The number of nitro benzene ring substituents is 1. The van der Waals surface area contributed by atoms with Crippen LogP contribution in [-0.2, 0) is 0 Å². The van der Waals surface area contributed by atoms with Crippen molar-refractivity contribution in [1.82, 2.24) is 10.2 Å². The minimum Gasteiger partial charge on any atom is -0.496 e. The van der Waals surface area contributed by atoms with Gasteiger partial charge >= 0.3 is 0 Å². The van der Waals surface area contributed by atoms with Crippen LogP contribution >= 0.6 is 0 Å². The second kappa shape index (κ2) is 7.53. The number of hydrogen-bond donors (Lipinski definition) is 1. The summed E-state index contributed by atoms with van der Waals surface area (Å²) in [7, 11) is 1.60. The Morgan fingerprint density at radius 3 is 2.77 bits per heavy atom. The lowest BCUT2D eigenvalue weighted by atomic mass is 9.99. The summed E-state index contributed by atoms with van der Waals surface area (Å²) in [6, 6.07) is 12.0. The maximum atomic E-state index is 13.2. The number of hydrogen-bond acceptors (Lipinski definition) is 5. The fourth-order valence-electron chi connectivity index (χ4n) is 3.37. The van der Waals surface area contributed by atoms with Gasteiger partial charge in [-0.2, -0.15) is 0 Å². The number of para-hydroxylation sites is 1. The summed E-state index contributed by atoms with van der Waals surface area (Å²) >= 11 is 0.